The second kappa shape index (κ2) is 15.5. The second-order valence-electron chi connectivity index (χ2n) is 12.6. The number of anilines is 3. The van der Waals surface area contributed by atoms with Gasteiger partial charge in [-0.25, -0.2) is 0 Å². The molecule has 0 fully saturated rings. The zero-order valence-electron chi connectivity index (χ0n) is 28.8. The van der Waals surface area contributed by atoms with Crippen LogP contribution in [-0.4, -0.2) is 13.1 Å². The Morgan fingerprint density at radius 2 is 1.02 bits per heavy atom. The van der Waals surface area contributed by atoms with Crippen LogP contribution in [0.15, 0.2) is 140 Å². The highest BCUT2D eigenvalue weighted by atomic mass is 16.5. The van der Waals surface area contributed by atoms with Crippen LogP contribution in [0.25, 0.3) is 11.1 Å². The fraction of sp³-hybridized carbons (Fsp3) is 0.178. The average Bonchev–Trinajstić information content (AvgIpc) is 3.12. The Morgan fingerprint density at radius 3 is 1.47 bits per heavy atom. The molecule has 6 aromatic carbocycles. The van der Waals surface area contributed by atoms with Crippen LogP contribution in [-0.2, 0) is 30.5 Å². The minimum atomic E-state index is -0.306. The molecule has 4 heteroatoms. The third kappa shape index (κ3) is 8.65. The summed E-state index contributed by atoms with van der Waals surface area (Å²) in [6, 6.07) is 49.5. The van der Waals surface area contributed by atoms with Gasteiger partial charge in [0.05, 0.1) is 7.11 Å². The molecule has 0 heterocycles. The number of nitrogens with zero attached hydrogens (tertiary/aromatic N) is 1. The predicted octanol–water partition coefficient (Wildman–Crippen LogP) is 10.9. The van der Waals surface area contributed by atoms with E-state index in [2.05, 4.69) is 122 Å². The number of carbonyl (C=O) groups excluding carboxylic acids is 1. The summed E-state index contributed by atoms with van der Waals surface area (Å²) in [5.41, 5.74) is 13.4. The first-order valence-electron chi connectivity index (χ1n) is 16.9. The molecule has 6 rings (SSSR count). The smallest absolute Gasteiger partial charge is 0.308 e. The molecule has 6 aromatic rings. The molecule has 0 amide bonds. The van der Waals surface area contributed by atoms with Crippen molar-refractivity contribution in [2.24, 2.45) is 0 Å². The predicted molar refractivity (Wildman–Crippen MR) is 202 cm³/mol. The number of rotatable bonds is 12. The molecule has 0 aromatic heterocycles. The van der Waals surface area contributed by atoms with Crippen molar-refractivity contribution in [3.05, 3.63) is 173 Å². The number of aryl methyl sites for hydroxylation is 6. The van der Waals surface area contributed by atoms with E-state index in [1.54, 1.807) is 7.11 Å². The summed E-state index contributed by atoms with van der Waals surface area (Å²) in [4.78, 5) is 13.6. The van der Waals surface area contributed by atoms with Gasteiger partial charge >= 0.3 is 5.97 Å². The Hall–Kier alpha value is -5.61. The zero-order valence-corrected chi connectivity index (χ0v) is 28.8. The van der Waals surface area contributed by atoms with Crippen LogP contribution in [0.2, 0.25) is 0 Å². The lowest BCUT2D eigenvalue weighted by atomic mass is 9.99. The van der Waals surface area contributed by atoms with Gasteiger partial charge in [0.25, 0.3) is 0 Å². The van der Waals surface area contributed by atoms with Crippen molar-refractivity contribution in [1.82, 2.24) is 0 Å². The van der Waals surface area contributed by atoms with E-state index in [9.17, 15) is 4.79 Å². The normalized spacial score (nSPS) is 10.9. The summed E-state index contributed by atoms with van der Waals surface area (Å²) >= 11 is 0. The average molecular weight is 646 g/mol. The topological polar surface area (TPSA) is 38.8 Å². The summed E-state index contributed by atoms with van der Waals surface area (Å²) in [6.45, 7) is 5.76. The van der Waals surface area contributed by atoms with Crippen molar-refractivity contribution in [3.63, 3.8) is 0 Å². The van der Waals surface area contributed by atoms with E-state index in [0.29, 0.717) is 5.75 Å². The monoisotopic (exact) mass is 645 g/mol. The van der Waals surface area contributed by atoms with Crippen molar-refractivity contribution in [2.75, 3.05) is 12.0 Å². The zero-order chi connectivity index (χ0) is 34.2. The Kier molecular flexibility index (Phi) is 10.6. The van der Waals surface area contributed by atoms with Crippen molar-refractivity contribution in [3.8, 4) is 22.6 Å². The molecule has 0 N–H and O–H groups in total. The van der Waals surface area contributed by atoms with Crippen molar-refractivity contribution < 1.29 is 14.3 Å². The maximum absolute atomic E-state index is 11.2. The highest BCUT2D eigenvalue weighted by Gasteiger charge is 2.16. The Morgan fingerprint density at radius 1 is 0.551 bits per heavy atom. The Bertz CT molecular complexity index is 1990. The van der Waals surface area contributed by atoms with Gasteiger partial charge in [-0.1, -0.05) is 84.4 Å². The lowest BCUT2D eigenvalue weighted by molar-refractivity contribution is -0.131. The molecule has 246 valence electrons. The van der Waals surface area contributed by atoms with E-state index in [4.69, 9.17) is 9.47 Å². The number of methoxy groups -OCH3 is 1. The standard InChI is InChI=1S/C45H43NO3/c1-32-6-5-7-39(30-32)40-20-29-45(33(2)31-40)46(41-21-12-35(13-22-41)8-10-37-16-25-43(48-4)26-17-37)42-23-14-36(15-24-42)9-11-38-18-27-44(28-19-38)49-34(3)47/h5-7,12-31H,8-11H2,1-4H3. The van der Waals surface area contributed by atoms with Crippen LogP contribution in [0.4, 0.5) is 17.1 Å². The van der Waals surface area contributed by atoms with E-state index >= 15 is 0 Å². The van der Waals surface area contributed by atoms with Gasteiger partial charge < -0.3 is 14.4 Å². The molecule has 49 heavy (non-hydrogen) atoms. The summed E-state index contributed by atoms with van der Waals surface area (Å²) in [5, 5.41) is 0. The quantitative estimate of drug-likeness (QED) is 0.0981. The fourth-order valence-corrected chi connectivity index (χ4v) is 6.22. The molecule has 0 radical (unpaired) electrons. The molecule has 0 saturated heterocycles. The minimum absolute atomic E-state index is 0.306. The SMILES string of the molecule is COc1ccc(CCc2ccc(N(c3ccc(CCc4ccc(OC(C)=O)cc4)cc3)c3ccc(-c4cccc(C)c4)cc3C)cc2)cc1. The number of carbonyl (C=O) groups is 1. The highest BCUT2D eigenvalue weighted by Crippen LogP contribution is 2.38. The second-order valence-corrected chi connectivity index (χ2v) is 12.6. The molecule has 0 saturated carbocycles. The highest BCUT2D eigenvalue weighted by molar-refractivity contribution is 5.80. The van der Waals surface area contributed by atoms with Gasteiger partial charge in [-0.2, -0.15) is 0 Å². The van der Waals surface area contributed by atoms with E-state index in [1.165, 1.54) is 51.4 Å². The Balaban J connectivity index is 1.24. The van der Waals surface area contributed by atoms with Gasteiger partial charge in [-0.3, -0.25) is 4.79 Å². The van der Waals surface area contributed by atoms with Crippen molar-refractivity contribution in [2.45, 2.75) is 46.5 Å². The maximum atomic E-state index is 11.2. The van der Waals surface area contributed by atoms with Crippen LogP contribution >= 0.6 is 0 Å². The molecule has 0 spiro atoms. The summed E-state index contributed by atoms with van der Waals surface area (Å²) in [5.74, 6) is 1.16. The third-order valence-electron chi connectivity index (χ3n) is 8.93. The van der Waals surface area contributed by atoms with Gasteiger partial charge in [0.15, 0.2) is 0 Å². The summed E-state index contributed by atoms with van der Waals surface area (Å²) < 4.78 is 10.5. The summed E-state index contributed by atoms with van der Waals surface area (Å²) in [7, 11) is 1.70. The first kappa shape index (κ1) is 33.3. The molecular formula is C45H43NO3. The van der Waals surface area contributed by atoms with Crippen LogP contribution < -0.4 is 14.4 Å². The van der Waals surface area contributed by atoms with Gasteiger partial charge in [0.1, 0.15) is 11.5 Å². The Labute approximate surface area is 290 Å². The van der Waals surface area contributed by atoms with E-state index in [0.717, 1.165) is 48.5 Å². The number of esters is 1. The van der Waals surface area contributed by atoms with Gasteiger partial charge in [-0.05, 0) is 139 Å². The van der Waals surface area contributed by atoms with Crippen LogP contribution in [0.1, 0.15) is 40.3 Å². The molecule has 0 bridgehead atoms. The first-order chi connectivity index (χ1) is 23.8. The molecule has 0 aliphatic carbocycles. The van der Waals surface area contributed by atoms with Crippen LogP contribution in [0.5, 0.6) is 11.5 Å². The lowest BCUT2D eigenvalue weighted by Crippen LogP contribution is -2.11. The number of benzene rings is 6. The first-order valence-corrected chi connectivity index (χ1v) is 16.9. The number of hydrogen-bond donors (Lipinski definition) is 0. The fourth-order valence-electron chi connectivity index (χ4n) is 6.22. The lowest BCUT2D eigenvalue weighted by Gasteiger charge is -2.28. The van der Waals surface area contributed by atoms with Gasteiger partial charge in [-0.15, -0.1) is 0 Å². The van der Waals surface area contributed by atoms with Crippen molar-refractivity contribution >= 4 is 23.0 Å². The van der Waals surface area contributed by atoms with Crippen molar-refractivity contribution in [1.29, 1.82) is 0 Å². The van der Waals surface area contributed by atoms with Gasteiger partial charge in [0.2, 0.25) is 0 Å². The van der Waals surface area contributed by atoms with E-state index in [1.807, 2.05) is 36.4 Å². The van der Waals surface area contributed by atoms with E-state index in [-0.39, 0.29) is 5.97 Å². The molecule has 4 nitrogen and oxygen atoms in total. The molecule has 0 aliphatic heterocycles. The van der Waals surface area contributed by atoms with Gasteiger partial charge in [0, 0.05) is 24.0 Å². The number of ether oxygens (including phenoxy) is 2. The van der Waals surface area contributed by atoms with Crippen LogP contribution in [0, 0.1) is 13.8 Å². The molecule has 0 aliphatic rings. The van der Waals surface area contributed by atoms with E-state index < -0.39 is 0 Å². The summed E-state index contributed by atoms with van der Waals surface area (Å²) in [6.07, 6.45) is 3.77. The number of hydrogen-bond acceptors (Lipinski definition) is 4. The largest absolute Gasteiger partial charge is 0.497 e. The maximum Gasteiger partial charge on any atom is 0.308 e. The minimum Gasteiger partial charge on any atom is -0.497 e. The molecular weight excluding hydrogens is 602 g/mol. The van der Waals surface area contributed by atoms with Crippen LogP contribution in [0.3, 0.4) is 0 Å². The molecule has 0 unspecified atom stereocenters. The molecule has 0 atom stereocenters. The third-order valence-corrected chi connectivity index (χ3v) is 8.93.